The van der Waals surface area contributed by atoms with E-state index in [1.165, 1.54) is 0 Å². The fourth-order valence-corrected chi connectivity index (χ4v) is 0.851. The van der Waals surface area contributed by atoms with Crippen molar-refractivity contribution in [2.75, 3.05) is 18.1 Å². The minimum absolute atomic E-state index is 0.0330. The molecule has 0 spiro atoms. The van der Waals surface area contributed by atoms with Gasteiger partial charge in [0.1, 0.15) is 0 Å². The highest BCUT2D eigenvalue weighted by molar-refractivity contribution is 6.32. The van der Waals surface area contributed by atoms with Gasteiger partial charge in [0.2, 0.25) is 5.95 Å². The first-order valence-electron chi connectivity index (χ1n) is 3.03. The van der Waals surface area contributed by atoms with Crippen molar-refractivity contribution >= 4 is 29.1 Å². The maximum absolute atomic E-state index is 10.1. The Labute approximate surface area is 73.1 Å². The van der Waals surface area contributed by atoms with Crippen LogP contribution in [0.15, 0.2) is 5.18 Å². The molecule has 0 bridgehead atoms. The lowest BCUT2D eigenvalue weighted by molar-refractivity contribution is 1.15. The Hall–Kier alpha value is -1.43. The molecule has 0 radical (unpaired) electrons. The van der Waals surface area contributed by atoms with Crippen LogP contribution in [-0.4, -0.2) is 17.0 Å². The zero-order valence-corrected chi connectivity index (χ0v) is 6.96. The number of nitrogens with one attached hydrogen (secondary N) is 1. The standard InChI is InChI=1S/C5H6ClN5O/c1-8-5-9-3(6)2(11-12)4(7)10-5/h1H3,(H3,7,8,9,10). The summed E-state index contributed by atoms with van der Waals surface area (Å²) >= 11 is 5.55. The Bertz CT molecular complexity index is 292. The topological polar surface area (TPSA) is 93.3 Å². The molecule has 64 valence electrons. The number of aromatic nitrogens is 2. The van der Waals surface area contributed by atoms with Crippen molar-refractivity contribution in [1.29, 1.82) is 0 Å². The van der Waals surface area contributed by atoms with Gasteiger partial charge in [0.05, 0.1) is 0 Å². The van der Waals surface area contributed by atoms with E-state index in [1.807, 2.05) is 0 Å². The molecular weight excluding hydrogens is 182 g/mol. The molecule has 1 rings (SSSR count). The molecule has 6 nitrogen and oxygen atoms in total. The van der Waals surface area contributed by atoms with Gasteiger partial charge in [-0.05, 0) is 5.18 Å². The number of hydrogen-bond acceptors (Lipinski definition) is 6. The van der Waals surface area contributed by atoms with Gasteiger partial charge in [0.25, 0.3) is 0 Å². The normalized spacial score (nSPS) is 9.50. The van der Waals surface area contributed by atoms with Gasteiger partial charge in [0, 0.05) is 7.05 Å². The number of nitrogens with zero attached hydrogens (tertiary/aromatic N) is 3. The Morgan fingerprint density at radius 2 is 2.25 bits per heavy atom. The van der Waals surface area contributed by atoms with E-state index in [-0.39, 0.29) is 22.6 Å². The molecule has 0 saturated carbocycles. The molecule has 12 heavy (non-hydrogen) atoms. The van der Waals surface area contributed by atoms with E-state index in [2.05, 4.69) is 20.5 Å². The van der Waals surface area contributed by atoms with E-state index in [0.717, 1.165) is 0 Å². The molecule has 1 aromatic rings. The van der Waals surface area contributed by atoms with Crippen LogP contribution in [0, 0.1) is 4.91 Å². The predicted octanol–water partition coefficient (Wildman–Crippen LogP) is 1.15. The fraction of sp³-hybridized carbons (Fsp3) is 0.200. The van der Waals surface area contributed by atoms with Gasteiger partial charge in [0.15, 0.2) is 16.7 Å². The van der Waals surface area contributed by atoms with E-state index >= 15 is 0 Å². The third kappa shape index (κ3) is 1.42. The van der Waals surface area contributed by atoms with Crippen LogP contribution in [0.3, 0.4) is 0 Å². The van der Waals surface area contributed by atoms with E-state index in [0.29, 0.717) is 0 Å². The summed E-state index contributed by atoms with van der Waals surface area (Å²) in [5, 5.41) is 5.16. The average Bonchev–Trinajstić information content (AvgIpc) is 2.03. The number of halogens is 1. The van der Waals surface area contributed by atoms with Crippen LogP contribution in [-0.2, 0) is 0 Å². The maximum atomic E-state index is 10.1. The lowest BCUT2D eigenvalue weighted by Crippen LogP contribution is -2.00. The van der Waals surface area contributed by atoms with Crippen molar-refractivity contribution < 1.29 is 0 Å². The SMILES string of the molecule is CNc1nc(N)c(N=O)c(Cl)n1. The van der Waals surface area contributed by atoms with E-state index in [4.69, 9.17) is 17.3 Å². The Morgan fingerprint density at radius 3 is 2.67 bits per heavy atom. The van der Waals surface area contributed by atoms with Crippen molar-refractivity contribution in [3.63, 3.8) is 0 Å². The highest BCUT2D eigenvalue weighted by Crippen LogP contribution is 2.28. The Morgan fingerprint density at radius 1 is 1.58 bits per heavy atom. The minimum atomic E-state index is -0.129. The molecule has 1 heterocycles. The van der Waals surface area contributed by atoms with Crippen LogP contribution in [0.2, 0.25) is 5.15 Å². The number of nitrogen functional groups attached to an aromatic ring is 1. The summed E-state index contributed by atoms with van der Waals surface area (Å²) in [6.07, 6.45) is 0. The van der Waals surface area contributed by atoms with E-state index < -0.39 is 0 Å². The molecule has 0 saturated heterocycles. The Balaban J connectivity index is 3.27. The summed E-state index contributed by atoms with van der Waals surface area (Å²) < 4.78 is 0. The molecule has 7 heteroatoms. The van der Waals surface area contributed by atoms with Gasteiger partial charge in [-0.3, -0.25) is 0 Å². The highest BCUT2D eigenvalue weighted by Gasteiger charge is 2.09. The molecule has 0 aliphatic rings. The van der Waals surface area contributed by atoms with Crippen molar-refractivity contribution in [3.05, 3.63) is 10.1 Å². The van der Waals surface area contributed by atoms with Crippen molar-refractivity contribution in [3.8, 4) is 0 Å². The second-order valence-electron chi connectivity index (χ2n) is 1.91. The van der Waals surface area contributed by atoms with Gasteiger partial charge in [-0.2, -0.15) is 9.97 Å². The summed E-state index contributed by atoms with van der Waals surface area (Å²) in [5.74, 6) is 0.222. The second kappa shape index (κ2) is 3.31. The first-order valence-corrected chi connectivity index (χ1v) is 3.41. The first-order chi connectivity index (χ1) is 5.69. The van der Waals surface area contributed by atoms with Crippen LogP contribution >= 0.6 is 11.6 Å². The number of anilines is 2. The van der Waals surface area contributed by atoms with Crippen LogP contribution < -0.4 is 11.1 Å². The van der Waals surface area contributed by atoms with Gasteiger partial charge in [-0.1, -0.05) is 11.6 Å². The third-order valence-electron chi connectivity index (χ3n) is 1.18. The summed E-state index contributed by atoms with van der Waals surface area (Å²) in [4.78, 5) is 17.5. The molecule has 1 aromatic heterocycles. The van der Waals surface area contributed by atoms with Crippen molar-refractivity contribution in [2.24, 2.45) is 5.18 Å². The summed E-state index contributed by atoms with van der Waals surface area (Å²) in [6.45, 7) is 0. The van der Waals surface area contributed by atoms with Gasteiger partial charge < -0.3 is 11.1 Å². The first kappa shape index (κ1) is 8.66. The molecule has 0 aromatic carbocycles. The molecular formula is C5H6ClN5O. The lowest BCUT2D eigenvalue weighted by Gasteiger charge is -2.01. The zero-order valence-electron chi connectivity index (χ0n) is 6.21. The van der Waals surface area contributed by atoms with Crippen molar-refractivity contribution in [2.45, 2.75) is 0 Å². The quantitative estimate of drug-likeness (QED) is 0.535. The smallest absolute Gasteiger partial charge is 0.225 e. The molecule has 0 atom stereocenters. The third-order valence-corrected chi connectivity index (χ3v) is 1.45. The molecule has 0 amide bonds. The second-order valence-corrected chi connectivity index (χ2v) is 2.27. The summed E-state index contributed by atoms with van der Waals surface area (Å²) in [7, 11) is 1.61. The molecule has 0 unspecified atom stereocenters. The zero-order chi connectivity index (χ0) is 9.14. The highest BCUT2D eigenvalue weighted by atomic mass is 35.5. The summed E-state index contributed by atoms with van der Waals surface area (Å²) in [6, 6.07) is 0. The monoisotopic (exact) mass is 187 g/mol. The number of nitrogens with two attached hydrogens (primary N) is 1. The molecule has 3 N–H and O–H groups in total. The number of hydrogen-bond donors (Lipinski definition) is 2. The van der Waals surface area contributed by atoms with Crippen LogP contribution in [0.25, 0.3) is 0 Å². The largest absolute Gasteiger partial charge is 0.382 e. The molecule has 0 aliphatic heterocycles. The van der Waals surface area contributed by atoms with E-state index in [9.17, 15) is 4.91 Å². The maximum Gasteiger partial charge on any atom is 0.225 e. The van der Waals surface area contributed by atoms with Crippen LogP contribution in [0.1, 0.15) is 0 Å². The predicted molar refractivity (Wildman–Crippen MR) is 46.5 cm³/mol. The van der Waals surface area contributed by atoms with Gasteiger partial charge >= 0.3 is 0 Å². The van der Waals surface area contributed by atoms with Crippen molar-refractivity contribution in [1.82, 2.24) is 9.97 Å². The van der Waals surface area contributed by atoms with E-state index in [1.54, 1.807) is 7.05 Å². The van der Waals surface area contributed by atoms with Crippen LogP contribution in [0.5, 0.6) is 0 Å². The molecule has 0 fully saturated rings. The van der Waals surface area contributed by atoms with Gasteiger partial charge in [-0.15, -0.1) is 4.91 Å². The van der Waals surface area contributed by atoms with Crippen LogP contribution in [0.4, 0.5) is 17.5 Å². The average molecular weight is 188 g/mol. The number of rotatable bonds is 2. The number of nitroso groups, excluding NO2 is 1. The molecule has 0 aliphatic carbocycles. The minimum Gasteiger partial charge on any atom is -0.382 e. The lowest BCUT2D eigenvalue weighted by atomic mass is 10.5. The fourth-order valence-electron chi connectivity index (χ4n) is 0.640. The Kier molecular flexibility index (Phi) is 2.39. The summed E-state index contributed by atoms with van der Waals surface area (Å²) in [5.41, 5.74) is 5.21. The van der Waals surface area contributed by atoms with Gasteiger partial charge in [-0.25, -0.2) is 0 Å².